The van der Waals surface area contributed by atoms with E-state index in [9.17, 15) is 15.3 Å². The Labute approximate surface area is 171 Å². The van der Waals surface area contributed by atoms with E-state index in [0.717, 1.165) is 29.5 Å². The SMILES string of the molecule is C[C@]12CC[C@@H]3c4ccccc4C(=N)C[C@H]3[C@@]1(O)C(=Cc1ccccc1O)C[C@@H]2O. The van der Waals surface area contributed by atoms with Crippen molar-refractivity contribution in [3.8, 4) is 5.75 Å². The number of nitrogens with one attached hydrogen (secondary N) is 1. The average Bonchev–Trinajstić information content (AvgIpc) is 2.91. The first-order valence-electron chi connectivity index (χ1n) is 10.4. The van der Waals surface area contributed by atoms with Crippen LogP contribution in [0.3, 0.4) is 0 Å². The topological polar surface area (TPSA) is 84.5 Å². The zero-order chi connectivity index (χ0) is 20.4. The summed E-state index contributed by atoms with van der Waals surface area (Å²) in [6.45, 7) is 1.99. The van der Waals surface area contributed by atoms with Crippen LogP contribution < -0.4 is 0 Å². The summed E-state index contributed by atoms with van der Waals surface area (Å²) in [7, 11) is 0. The van der Waals surface area contributed by atoms with E-state index < -0.39 is 17.1 Å². The van der Waals surface area contributed by atoms with Gasteiger partial charge in [-0.3, -0.25) is 0 Å². The third kappa shape index (κ3) is 2.42. The van der Waals surface area contributed by atoms with Gasteiger partial charge in [0, 0.05) is 22.6 Å². The first-order valence-corrected chi connectivity index (χ1v) is 10.4. The van der Waals surface area contributed by atoms with Crippen LogP contribution in [0.1, 0.15) is 55.2 Å². The van der Waals surface area contributed by atoms with Gasteiger partial charge in [0.25, 0.3) is 0 Å². The van der Waals surface area contributed by atoms with Crippen LogP contribution in [-0.4, -0.2) is 32.7 Å². The highest BCUT2D eigenvalue weighted by molar-refractivity contribution is 6.01. The number of phenols is 1. The van der Waals surface area contributed by atoms with E-state index in [4.69, 9.17) is 5.41 Å². The lowest BCUT2D eigenvalue weighted by atomic mass is 9.52. The molecule has 4 nitrogen and oxygen atoms in total. The Morgan fingerprint density at radius 3 is 2.59 bits per heavy atom. The molecule has 150 valence electrons. The standard InChI is InChI=1S/C25H27NO3/c1-24-11-10-18-17-7-3-4-8-19(17)21(26)14-20(18)25(24,29)16(13-23(24)28)12-15-6-2-5-9-22(15)27/h2-9,12,18,20,23,26-29H,10-11,13-14H2,1H3/t18-,20-,23+,24-,25+/m1/s1. The van der Waals surface area contributed by atoms with Crippen LogP contribution in [0.4, 0.5) is 0 Å². The number of aliphatic hydroxyl groups is 2. The fraction of sp³-hybridized carbons (Fsp3) is 0.400. The van der Waals surface area contributed by atoms with Crippen molar-refractivity contribution in [3.05, 3.63) is 70.8 Å². The number of aromatic hydroxyl groups is 1. The molecule has 3 aliphatic rings. The predicted octanol–water partition coefficient (Wildman–Crippen LogP) is 4.24. The molecule has 0 spiro atoms. The van der Waals surface area contributed by atoms with E-state index in [-0.39, 0.29) is 17.6 Å². The highest BCUT2D eigenvalue weighted by atomic mass is 16.3. The number of fused-ring (bicyclic) bond motifs is 5. The van der Waals surface area contributed by atoms with Crippen molar-refractivity contribution in [1.29, 1.82) is 5.41 Å². The monoisotopic (exact) mass is 389 g/mol. The zero-order valence-corrected chi connectivity index (χ0v) is 16.6. The summed E-state index contributed by atoms with van der Waals surface area (Å²) in [5.41, 5.74) is 2.26. The molecule has 0 aromatic heterocycles. The van der Waals surface area contributed by atoms with Crippen LogP contribution in [0, 0.1) is 16.7 Å². The molecule has 0 radical (unpaired) electrons. The maximum absolute atomic E-state index is 12.3. The van der Waals surface area contributed by atoms with E-state index in [1.807, 2.05) is 43.3 Å². The van der Waals surface area contributed by atoms with Gasteiger partial charge in [0.15, 0.2) is 0 Å². The van der Waals surface area contributed by atoms with E-state index in [1.54, 1.807) is 12.1 Å². The number of phenolic OH excluding ortho intramolecular Hbond substituents is 1. The molecule has 4 heteroatoms. The molecule has 0 unspecified atom stereocenters. The first kappa shape index (κ1) is 18.6. The number of benzene rings is 2. The fourth-order valence-electron chi connectivity index (χ4n) is 6.23. The second-order valence-electron chi connectivity index (χ2n) is 9.15. The lowest BCUT2D eigenvalue weighted by molar-refractivity contribution is -0.141. The van der Waals surface area contributed by atoms with Crippen molar-refractivity contribution in [2.45, 2.75) is 50.2 Å². The Morgan fingerprint density at radius 1 is 1.07 bits per heavy atom. The van der Waals surface area contributed by atoms with Gasteiger partial charge in [0.2, 0.25) is 0 Å². The van der Waals surface area contributed by atoms with Gasteiger partial charge in [-0.15, -0.1) is 0 Å². The quantitative estimate of drug-likeness (QED) is 0.588. The van der Waals surface area contributed by atoms with Crippen molar-refractivity contribution in [2.75, 3.05) is 0 Å². The summed E-state index contributed by atoms with van der Waals surface area (Å²) in [6, 6.07) is 15.2. The molecule has 5 atom stereocenters. The molecule has 0 heterocycles. The van der Waals surface area contributed by atoms with E-state index >= 15 is 0 Å². The number of rotatable bonds is 1. The minimum Gasteiger partial charge on any atom is -0.507 e. The number of hydrogen-bond donors (Lipinski definition) is 4. The third-order valence-corrected chi connectivity index (χ3v) is 7.88. The molecule has 2 aromatic carbocycles. The molecule has 0 saturated heterocycles. The van der Waals surface area contributed by atoms with E-state index in [0.29, 0.717) is 24.1 Å². The van der Waals surface area contributed by atoms with Gasteiger partial charge in [-0.1, -0.05) is 49.4 Å². The molecule has 2 fully saturated rings. The highest BCUT2D eigenvalue weighted by Crippen LogP contribution is 2.65. The van der Waals surface area contributed by atoms with Crippen molar-refractivity contribution < 1.29 is 15.3 Å². The number of hydrogen-bond acceptors (Lipinski definition) is 4. The Bertz CT molecular complexity index is 1030. The third-order valence-electron chi connectivity index (χ3n) is 7.88. The fourth-order valence-corrected chi connectivity index (χ4v) is 6.23. The number of para-hydroxylation sites is 1. The second-order valence-corrected chi connectivity index (χ2v) is 9.15. The van der Waals surface area contributed by atoms with Gasteiger partial charge in [0.05, 0.1) is 11.7 Å². The molecule has 29 heavy (non-hydrogen) atoms. The minimum absolute atomic E-state index is 0.155. The van der Waals surface area contributed by atoms with Crippen LogP contribution >= 0.6 is 0 Å². The second kappa shape index (κ2) is 6.28. The largest absolute Gasteiger partial charge is 0.507 e. The highest BCUT2D eigenvalue weighted by Gasteiger charge is 2.66. The molecular formula is C25H27NO3. The van der Waals surface area contributed by atoms with Crippen molar-refractivity contribution in [3.63, 3.8) is 0 Å². The maximum Gasteiger partial charge on any atom is 0.122 e. The Kier molecular flexibility index (Phi) is 4.03. The molecule has 0 bridgehead atoms. The minimum atomic E-state index is -1.21. The summed E-state index contributed by atoms with van der Waals surface area (Å²) in [4.78, 5) is 0. The molecular weight excluding hydrogens is 362 g/mol. The van der Waals surface area contributed by atoms with Gasteiger partial charge in [-0.2, -0.15) is 0 Å². The van der Waals surface area contributed by atoms with Crippen LogP contribution in [-0.2, 0) is 0 Å². The molecule has 2 aromatic rings. The van der Waals surface area contributed by atoms with Crippen LogP contribution in [0.2, 0.25) is 0 Å². The molecule has 4 N–H and O–H groups in total. The maximum atomic E-state index is 12.3. The summed E-state index contributed by atoms with van der Waals surface area (Å²) in [6.07, 6.45) is 3.73. The van der Waals surface area contributed by atoms with Crippen LogP contribution in [0.15, 0.2) is 54.1 Å². The predicted molar refractivity (Wildman–Crippen MR) is 113 cm³/mol. The Balaban J connectivity index is 1.67. The van der Waals surface area contributed by atoms with Crippen LogP contribution in [0.5, 0.6) is 5.75 Å². The van der Waals surface area contributed by atoms with E-state index in [2.05, 4.69) is 6.07 Å². The Morgan fingerprint density at radius 2 is 1.79 bits per heavy atom. The normalized spacial score (nSPS) is 37.1. The molecule has 3 aliphatic carbocycles. The first-order chi connectivity index (χ1) is 13.9. The van der Waals surface area contributed by atoms with Crippen molar-refractivity contribution >= 4 is 11.8 Å². The van der Waals surface area contributed by atoms with Gasteiger partial charge < -0.3 is 20.7 Å². The van der Waals surface area contributed by atoms with Gasteiger partial charge in [-0.25, -0.2) is 0 Å². The molecule has 0 aliphatic heterocycles. The number of aliphatic hydroxyl groups excluding tert-OH is 1. The van der Waals surface area contributed by atoms with Gasteiger partial charge in [-0.05, 0) is 60.4 Å². The lowest BCUT2D eigenvalue weighted by Gasteiger charge is -2.55. The average molecular weight is 389 g/mol. The summed E-state index contributed by atoms with van der Waals surface area (Å²) in [5.74, 6) is 0.176. The summed E-state index contributed by atoms with van der Waals surface area (Å²) < 4.78 is 0. The van der Waals surface area contributed by atoms with Crippen molar-refractivity contribution in [2.24, 2.45) is 11.3 Å². The zero-order valence-electron chi connectivity index (χ0n) is 16.6. The molecule has 2 saturated carbocycles. The van der Waals surface area contributed by atoms with Crippen LogP contribution in [0.25, 0.3) is 6.08 Å². The van der Waals surface area contributed by atoms with E-state index in [1.165, 1.54) is 0 Å². The summed E-state index contributed by atoms with van der Waals surface area (Å²) >= 11 is 0. The molecule has 5 rings (SSSR count). The Hall–Kier alpha value is -2.43. The lowest BCUT2D eigenvalue weighted by Crippen LogP contribution is -2.58. The van der Waals surface area contributed by atoms with Gasteiger partial charge >= 0.3 is 0 Å². The van der Waals surface area contributed by atoms with Gasteiger partial charge in [0.1, 0.15) is 5.75 Å². The summed E-state index contributed by atoms with van der Waals surface area (Å²) in [5, 5.41) is 42.2. The smallest absolute Gasteiger partial charge is 0.122 e. The van der Waals surface area contributed by atoms with Crippen molar-refractivity contribution in [1.82, 2.24) is 0 Å². The molecule has 0 amide bonds.